The summed E-state index contributed by atoms with van der Waals surface area (Å²) in [6, 6.07) is 8.82. The van der Waals surface area contributed by atoms with E-state index in [2.05, 4.69) is 22.1 Å². The number of aromatic nitrogens is 1. The average molecular weight is 440 g/mol. The van der Waals surface area contributed by atoms with Gasteiger partial charge in [0.2, 0.25) is 0 Å². The van der Waals surface area contributed by atoms with Crippen LogP contribution in [0.3, 0.4) is 0 Å². The second kappa shape index (κ2) is 10.5. The van der Waals surface area contributed by atoms with Gasteiger partial charge in [0.05, 0.1) is 11.6 Å². The lowest BCUT2D eigenvalue weighted by Gasteiger charge is -2.26. The number of halogens is 4. The number of pyridine rings is 1. The number of nitrogens with zero attached hydrogens (tertiary/aromatic N) is 1. The Morgan fingerprint density at radius 2 is 1.68 bits per heavy atom. The minimum Gasteiger partial charge on any atom is -0.475 e. The largest absolute Gasteiger partial charge is 0.490 e. The van der Waals surface area contributed by atoms with Crippen LogP contribution in [0.2, 0.25) is 0 Å². The first kappa shape index (κ1) is 25.6. The summed E-state index contributed by atoms with van der Waals surface area (Å²) in [6.07, 6.45) is -3.60. The van der Waals surface area contributed by atoms with Gasteiger partial charge in [-0.3, -0.25) is 4.79 Å². The number of amides is 1. The number of nitrogens with one attached hydrogen (secondary N) is 1. The number of hydrogen-bond donors (Lipinski definition) is 3. The third kappa shape index (κ3) is 9.27. The van der Waals surface area contributed by atoms with Crippen LogP contribution in [0, 0.1) is 17.7 Å². The van der Waals surface area contributed by atoms with Gasteiger partial charge in [0.15, 0.2) is 0 Å². The summed E-state index contributed by atoms with van der Waals surface area (Å²) >= 11 is 0. The lowest BCUT2D eigenvalue weighted by atomic mass is 10.0. The number of benzene rings is 1. The molecule has 10 heteroatoms. The van der Waals surface area contributed by atoms with Gasteiger partial charge in [-0.15, -0.1) is 0 Å². The fourth-order valence-corrected chi connectivity index (χ4v) is 1.76. The zero-order valence-electron chi connectivity index (χ0n) is 16.8. The van der Waals surface area contributed by atoms with Crippen molar-refractivity contribution in [3.63, 3.8) is 0 Å². The molecule has 3 N–H and O–H groups in total. The molecule has 0 fully saturated rings. The molecule has 0 saturated carbocycles. The van der Waals surface area contributed by atoms with Gasteiger partial charge in [0.25, 0.3) is 5.91 Å². The number of carboxylic acid groups (broad SMARTS) is 1. The number of carbonyl (C=O) groups excluding carboxylic acids is 1. The van der Waals surface area contributed by atoms with Gasteiger partial charge in [-0.05, 0) is 51.1 Å². The van der Waals surface area contributed by atoms with Gasteiger partial charge in [-0.1, -0.05) is 17.9 Å². The van der Waals surface area contributed by atoms with Crippen molar-refractivity contribution in [2.75, 3.05) is 0 Å². The van der Waals surface area contributed by atoms with Gasteiger partial charge in [-0.2, -0.15) is 13.2 Å². The third-order valence-electron chi connectivity index (χ3n) is 3.82. The van der Waals surface area contributed by atoms with E-state index in [-0.39, 0.29) is 17.4 Å². The van der Waals surface area contributed by atoms with Gasteiger partial charge in [0, 0.05) is 17.3 Å². The molecule has 0 radical (unpaired) electrons. The van der Waals surface area contributed by atoms with E-state index in [0.717, 1.165) is 0 Å². The van der Waals surface area contributed by atoms with Crippen LogP contribution in [0.1, 0.15) is 42.4 Å². The molecule has 1 heterocycles. The van der Waals surface area contributed by atoms with Crippen molar-refractivity contribution in [3.05, 3.63) is 65.2 Å². The molecule has 0 bridgehead atoms. The van der Waals surface area contributed by atoms with Crippen LogP contribution >= 0.6 is 0 Å². The van der Waals surface area contributed by atoms with Crippen LogP contribution in [0.15, 0.2) is 42.6 Å². The van der Waals surface area contributed by atoms with E-state index in [1.54, 1.807) is 45.0 Å². The molecule has 2 rings (SSSR count). The normalized spacial score (nSPS) is 11.9. The Balaban J connectivity index is 0.000000592. The van der Waals surface area contributed by atoms with E-state index in [1.807, 2.05) is 0 Å². The van der Waals surface area contributed by atoms with E-state index in [9.17, 15) is 27.5 Å². The maximum Gasteiger partial charge on any atom is 0.490 e. The molecule has 31 heavy (non-hydrogen) atoms. The number of aliphatic carboxylic acids is 1. The molecule has 0 aliphatic rings. The SMILES string of the molecule is C[C@@H](NC(=O)c1ccc(C#Cc2cccc(F)c2)cn1)C(C)(C)O.O=C(O)C(F)(F)F. The highest BCUT2D eigenvalue weighted by Crippen LogP contribution is 2.13. The number of rotatable bonds is 3. The first-order valence-electron chi connectivity index (χ1n) is 8.77. The number of carboxylic acids is 1. The highest BCUT2D eigenvalue weighted by molar-refractivity contribution is 5.92. The van der Waals surface area contributed by atoms with E-state index in [0.29, 0.717) is 11.1 Å². The highest BCUT2D eigenvalue weighted by atomic mass is 19.4. The fourth-order valence-electron chi connectivity index (χ4n) is 1.76. The van der Waals surface area contributed by atoms with Crippen molar-refractivity contribution in [2.45, 2.75) is 38.6 Å². The molecule has 2 aromatic rings. The summed E-state index contributed by atoms with van der Waals surface area (Å²) in [7, 11) is 0. The van der Waals surface area contributed by atoms with Gasteiger partial charge >= 0.3 is 12.1 Å². The van der Waals surface area contributed by atoms with Gasteiger partial charge in [-0.25, -0.2) is 14.2 Å². The smallest absolute Gasteiger partial charge is 0.475 e. The summed E-state index contributed by atoms with van der Waals surface area (Å²) in [5, 5.41) is 19.7. The molecule has 1 aromatic heterocycles. The lowest BCUT2D eigenvalue weighted by molar-refractivity contribution is -0.192. The molecule has 1 atom stereocenters. The maximum atomic E-state index is 13.1. The summed E-state index contributed by atoms with van der Waals surface area (Å²) < 4.78 is 44.8. The summed E-state index contributed by atoms with van der Waals surface area (Å²) in [6.45, 7) is 4.96. The van der Waals surface area contributed by atoms with Crippen molar-refractivity contribution < 1.29 is 37.4 Å². The minimum absolute atomic E-state index is 0.238. The van der Waals surface area contributed by atoms with Crippen LogP contribution in [0.25, 0.3) is 0 Å². The molecular weight excluding hydrogens is 420 g/mol. The van der Waals surface area contributed by atoms with Crippen LogP contribution < -0.4 is 5.32 Å². The number of alkyl halides is 3. The minimum atomic E-state index is -5.08. The molecule has 0 unspecified atom stereocenters. The second-order valence-electron chi connectivity index (χ2n) is 6.84. The first-order chi connectivity index (χ1) is 14.2. The van der Waals surface area contributed by atoms with Crippen molar-refractivity contribution in [1.82, 2.24) is 10.3 Å². The zero-order chi connectivity index (χ0) is 23.8. The quantitative estimate of drug-likeness (QED) is 0.503. The monoisotopic (exact) mass is 440 g/mol. The Bertz CT molecular complexity index is 972. The zero-order valence-corrected chi connectivity index (χ0v) is 16.8. The summed E-state index contributed by atoms with van der Waals surface area (Å²) in [5.74, 6) is 2.24. The Kier molecular flexibility index (Phi) is 8.70. The molecule has 166 valence electrons. The number of hydrogen-bond acceptors (Lipinski definition) is 4. The molecule has 0 aliphatic heterocycles. The first-order valence-corrected chi connectivity index (χ1v) is 8.77. The third-order valence-corrected chi connectivity index (χ3v) is 3.82. The Hall–Kier alpha value is -3.45. The Morgan fingerprint density at radius 3 is 2.13 bits per heavy atom. The predicted molar refractivity (Wildman–Crippen MR) is 104 cm³/mol. The summed E-state index contributed by atoms with van der Waals surface area (Å²) in [5.41, 5.74) is 0.399. The maximum absolute atomic E-state index is 13.1. The van der Waals surface area contributed by atoms with Crippen molar-refractivity contribution in [2.24, 2.45) is 0 Å². The Morgan fingerprint density at radius 1 is 1.10 bits per heavy atom. The molecule has 0 aliphatic carbocycles. The summed E-state index contributed by atoms with van der Waals surface area (Å²) in [4.78, 5) is 25.0. The van der Waals surface area contributed by atoms with Gasteiger partial charge < -0.3 is 15.5 Å². The fraction of sp³-hybridized carbons (Fsp3) is 0.286. The number of aliphatic hydroxyl groups is 1. The van der Waals surface area contributed by atoms with E-state index in [1.165, 1.54) is 18.3 Å². The van der Waals surface area contributed by atoms with Crippen LogP contribution in [-0.4, -0.2) is 44.9 Å². The molecule has 0 spiro atoms. The van der Waals surface area contributed by atoms with E-state index >= 15 is 0 Å². The molecular formula is C21H20F4N2O4. The van der Waals surface area contributed by atoms with Gasteiger partial charge in [0.1, 0.15) is 11.5 Å². The lowest BCUT2D eigenvalue weighted by Crippen LogP contribution is -2.47. The molecule has 6 nitrogen and oxygen atoms in total. The van der Waals surface area contributed by atoms with Crippen LogP contribution in [-0.2, 0) is 4.79 Å². The van der Waals surface area contributed by atoms with Crippen molar-refractivity contribution >= 4 is 11.9 Å². The topological polar surface area (TPSA) is 99.5 Å². The van der Waals surface area contributed by atoms with E-state index < -0.39 is 23.8 Å². The molecule has 1 amide bonds. The second-order valence-corrected chi connectivity index (χ2v) is 6.84. The van der Waals surface area contributed by atoms with Crippen LogP contribution in [0.5, 0.6) is 0 Å². The van der Waals surface area contributed by atoms with Crippen molar-refractivity contribution in [3.8, 4) is 11.8 Å². The standard InChI is InChI=1S/C19H19FN2O2.C2HF3O2/c1-13(19(2,3)24)22-18(23)17-10-9-15(12-21-17)8-7-14-5-4-6-16(20)11-14;3-2(4,5)1(6)7/h4-6,9-13,24H,1-3H3,(H,22,23);(H,6,7)/t13-;/m1./s1. The van der Waals surface area contributed by atoms with Crippen molar-refractivity contribution in [1.29, 1.82) is 0 Å². The Labute approximate surface area is 175 Å². The average Bonchev–Trinajstić information content (AvgIpc) is 2.66. The highest BCUT2D eigenvalue weighted by Gasteiger charge is 2.38. The van der Waals surface area contributed by atoms with E-state index in [4.69, 9.17) is 9.90 Å². The molecule has 1 aromatic carbocycles. The number of carbonyl (C=O) groups is 2. The molecule has 0 saturated heterocycles. The predicted octanol–water partition coefficient (Wildman–Crippen LogP) is 3.14. The van der Waals surface area contributed by atoms with Crippen LogP contribution in [0.4, 0.5) is 17.6 Å².